The largest absolute Gasteiger partial charge is 0.363 e. The van der Waals surface area contributed by atoms with Gasteiger partial charge in [0.15, 0.2) is 0 Å². The molecule has 1 heterocycles. The van der Waals surface area contributed by atoms with Crippen LogP contribution in [0.4, 0.5) is 0 Å². The van der Waals surface area contributed by atoms with Gasteiger partial charge in [-0.2, -0.15) is 4.31 Å². The normalized spacial score (nSPS) is 18.1. The maximum Gasteiger partial charge on any atom is 0.244 e. The van der Waals surface area contributed by atoms with Gasteiger partial charge in [0.05, 0.1) is 4.90 Å². The van der Waals surface area contributed by atoms with E-state index in [0.29, 0.717) is 11.4 Å². The molecule has 0 radical (unpaired) electrons. The van der Waals surface area contributed by atoms with E-state index in [9.17, 15) is 8.42 Å². The Labute approximate surface area is 102 Å². The van der Waals surface area contributed by atoms with Crippen LogP contribution in [-0.2, 0) is 16.6 Å². The van der Waals surface area contributed by atoms with Crippen molar-refractivity contribution < 1.29 is 8.42 Å². The van der Waals surface area contributed by atoms with Gasteiger partial charge in [-0.05, 0) is 18.9 Å². The zero-order chi connectivity index (χ0) is 12.5. The standard InChI is InChI=1S/C11H19N3O2S/c1-14(10-4-2-3-5-10)17(15,16)11-6-9(7-12)13-8-11/h6,8,10,13H,2-5,7,12H2,1H3. The molecule has 5 nitrogen and oxygen atoms in total. The molecule has 0 aromatic carbocycles. The third kappa shape index (κ3) is 2.38. The monoisotopic (exact) mass is 257 g/mol. The minimum absolute atomic E-state index is 0.149. The van der Waals surface area contributed by atoms with Crippen LogP contribution in [0.2, 0.25) is 0 Å². The Hall–Kier alpha value is -0.850. The molecule has 1 fully saturated rings. The summed E-state index contributed by atoms with van der Waals surface area (Å²) in [5, 5.41) is 0. The number of sulfonamides is 1. The van der Waals surface area contributed by atoms with Gasteiger partial charge in [-0.1, -0.05) is 12.8 Å². The highest BCUT2D eigenvalue weighted by Crippen LogP contribution is 2.27. The molecule has 0 saturated heterocycles. The second-order valence-electron chi connectivity index (χ2n) is 4.52. The van der Waals surface area contributed by atoms with Crippen LogP contribution in [0.3, 0.4) is 0 Å². The summed E-state index contributed by atoms with van der Waals surface area (Å²) in [7, 11) is -1.70. The van der Waals surface area contributed by atoms with Crippen molar-refractivity contribution in [1.29, 1.82) is 0 Å². The molecular formula is C11H19N3O2S. The zero-order valence-corrected chi connectivity index (χ0v) is 10.8. The van der Waals surface area contributed by atoms with Gasteiger partial charge in [-0.25, -0.2) is 8.42 Å². The molecule has 17 heavy (non-hydrogen) atoms. The lowest BCUT2D eigenvalue weighted by Crippen LogP contribution is -2.34. The van der Waals surface area contributed by atoms with E-state index in [2.05, 4.69) is 4.98 Å². The molecule has 0 aliphatic heterocycles. The SMILES string of the molecule is CN(C1CCCC1)S(=O)(=O)c1c[nH]c(CN)c1. The maximum absolute atomic E-state index is 12.3. The molecule has 0 amide bonds. The molecule has 96 valence electrons. The zero-order valence-electron chi connectivity index (χ0n) is 10.0. The maximum atomic E-state index is 12.3. The van der Waals surface area contributed by atoms with Crippen molar-refractivity contribution in [1.82, 2.24) is 9.29 Å². The summed E-state index contributed by atoms with van der Waals surface area (Å²) in [6.45, 7) is 0.322. The number of rotatable bonds is 4. The van der Waals surface area contributed by atoms with Crippen LogP contribution >= 0.6 is 0 Å². The molecule has 1 aliphatic rings. The summed E-state index contributed by atoms with van der Waals surface area (Å²) < 4.78 is 26.1. The lowest BCUT2D eigenvalue weighted by atomic mass is 10.3. The first kappa shape index (κ1) is 12.6. The highest BCUT2D eigenvalue weighted by atomic mass is 32.2. The number of hydrogen-bond acceptors (Lipinski definition) is 3. The van der Waals surface area contributed by atoms with E-state index in [0.717, 1.165) is 31.4 Å². The highest BCUT2D eigenvalue weighted by molar-refractivity contribution is 7.89. The smallest absolute Gasteiger partial charge is 0.244 e. The molecule has 0 unspecified atom stereocenters. The summed E-state index contributed by atoms with van der Waals surface area (Å²) in [5.74, 6) is 0. The fourth-order valence-corrected chi connectivity index (χ4v) is 3.75. The van der Waals surface area contributed by atoms with Crippen LogP contribution in [-0.4, -0.2) is 30.8 Å². The molecule has 1 saturated carbocycles. The Kier molecular flexibility index (Phi) is 3.56. The molecule has 3 N–H and O–H groups in total. The molecular weight excluding hydrogens is 238 g/mol. The van der Waals surface area contributed by atoms with Crippen LogP contribution in [0.25, 0.3) is 0 Å². The fraction of sp³-hybridized carbons (Fsp3) is 0.636. The second-order valence-corrected chi connectivity index (χ2v) is 6.52. The first-order valence-corrected chi connectivity index (χ1v) is 7.35. The molecule has 0 spiro atoms. The Morgan fingerprint density at radius 3 is 2.65 bits per heavy atom. The van der Waals surface area contributed by atoms with Gasteiger partial charge in [0.1, 0.15) is 0 Å². The van der Waals surface area contributed by atoms with E-state index in [1.807, 2.05) is 0 Å². The Morgan fingerprint density at radius 2 is 2.12 bits per heavy atom. The predicted octanol–water partition coefficient (Wildman–Crippen LogP) is 1.04. The number of nitrogens with zero attached hydrogens (tertiary/aromatic N) is 1. The van der Waals surface area contributed by atoms with E-state index >= 15 is 0 Å². The van der Waals surface area contributed by atoms with Crippen molar-refractivity contribution in [2.24, 2.45) is 5.73 Å². The Bertz CT molecular complexity index is 475. The van der Waals surface area contributed by atoms with Crippen LogP contribution in [0, 0.1) is 0 Å². The minimum Gasteiger partial charge on any atom is -0.363 e. The topological polar surface area (TPSA) is 79.2 Å². The van der Waals surface area contributed by atoms with E-state index in [4.69, 9.17) is 5.73 Å². The van der Waals surface area contributed by atoms with E-state index in [1.54, 1.807) is 13.1 Å². The Morgan fingerprint density at radius 1 is 1.47 bits per heavy atom. The predicted molar refractivity (Wildman–Crippen MR) is 65.9 cm³/mol. The van der Waals surface area contributed by atoms with Crippen molar-refractivity contribution in [3.63, 3.8) is 0 Å². The van der Waals surface area contributed by atoms with Crippen LogP contribution in [0.15, 0.2) is 17.2 Å². The van der Waals surface area contributed by atoms with Crippen LogP contribution in [0.5, 0.6) is 0 Å². The summed E-state index contributed by atoms with van der Waals surface area (Å²) in [5.41, 5.74) is 6.20. The molecule has 0 bridgehead atoms. The number of aromatic nitrogens is 1. The number of hydrogen-bond donors (Lipinski definition) is 2. The quantitative estimate of drug-likeness (QED) is 0.845. The Balaban J connectivity index is 2.22. The average molecular weight is 257 g/mol. The first-order valence-electron chi connectivity index (χ1n) is 5.91. The van der Waals surface area contributed by atoms with Gasteiger partial charge in [-0.15, -0.1) is 0 Å². The van der Waals surface area contributed by atoms with E-state index in [1.165, 1.54) is 10.5 Å². The first-order chi connectivity index (χ1) is 8.05. The molecule has 6 heteroatoms. The van der Waals surface area contributed by atoms with Gasteiger partial charge in [0, 0.05) is 31.5 Å². The number of nitrogens with two attached hydrogens (primary N) is 1. The molecule has 1 aromatic rings. The molecule has 2 rings (SSSR count). The van der Waals surface area contributed by atoms with Crippen molar-refractivity contribution in [3.8, 4) is 0 Å². The molecule has 1 aliphatic carbocycles. The summed E-state index contributed by atoms with van der Waals surface area (Å²) in [6, 6.07) is 1.76. The van der Waals surface area contributed by atoms with Gasteiger partial charge in [0.25, 0.3) is 0 Å². The second kappa shape index (κ2) is 4.80. The van der Waals surface area contributed by atoms with Crippen LogP contribution in [0.1, 0.15) is 31.4 Å². The summed E-state index contributed by atoms with van der Waals surface area (Å²) >= 11 is 0. The average Bonchev–Trinajstić information content (AvgIpc) is 2.98. The van der Waals surface area contributed by atoms with Gasteiger partial charge in [-0.3, -0.25) is 0 Å². The number of nitrogens with one attached hydrogen (secondary N) is 1. The lowest BCUT2D eigenvalue weighted by Gasteiger charge is -2.22. The van der Waals surface area contributed by atoms with Crippen molar-refractivity contribution in [3.05, 3.63) is 18.0 Å². The van der Waals surface area contributed by atoms with Crippen molar-refractivity contribution in [2.45, 2.75) is 43.2 Å². The third-order valence-electron chi connectivity index (χ3n) is 3.45. The van der Waals surface area contributed by atoms with E-state index in [-0.39, 0.29) is 6.04 Å². The summed E-state index contributed by atoms with van der Waals surface area (Å²) in [6.07, 6.45) is 5.67. The van der Waals surface area contributed by atoms with Crippen molar-refractivity contribution >= 4 is 10.0 Å². The van der Waals surface area contributed by atoms with E-state index < -0.39 is 10.0 Å². The van der Waals surface area contributed by atoms with Crippen molar-refractivity contribution in [2.75, 3.05) is 7.05 Å². The molecule has 1 aromatic heterocycles. The fourth-order valence-electron chi connectivity index (χ4n) is 2.32. The number of H-pyrrole nitrogens is 1. The third-order valence-corrected chi connectivity index (χ3v) is 5.34. The van der Waals surface area contributed by atoms with Gasteiger partial charge < -0.3 is 10.7 Å². The van der Waals surface area contributed by atoms with Gasteiger partial charge in [0.2, 0.25) is 10.0 Å². The highest BCUT2D eigenvalue weighted by Gasteiger charge is 2.30. The lowest BCUT2D eigenvalue weighted by molar-refractivity contribution is 0.373. The minimum atomic E-state index is -3.37. The van der Waals surface area contributed by atoms with Gasteiger partial charge >= 0.3 is 0 Å². The summed E-state index contributed by atoms with van der Waals surface area (Å²) in [4.78, 5) is 3.19. The molecule has 0 atom stereocenters. The van der Waals surface area contributed by atoms with Crippen LogP contribution < -0.4 is 5.73 Å². The number of aromatic amines is 1.